The fourth-order valence-corrected chi connectivity index (χ4v) is 1.48. The smallest absolute Gasteiger partial charge is 0.162 e. The lowest BCUT2D eigenvalue weighted by Crippen LogP contribution is -2.21. The summed E-state index contributed by atoms with van der Waals surface area (Å²) < 4.78 is 0. The van der Waals surface area contributed by atoms with Crippen molar-refractivity contribution in [2.24, 2.45) is 11.8 Å². The van der Waals surface area contributed by atoms with Crippen LogP contribution in [0.2, 0.25) is 0 Å². The van der Waals surface area contributed by atoms with Crippen LogP contribution >= 0.6 is 0 Å². The molecule has 0 saturated carbocycles. The molecule has 11 heavy (non-hydrogen) atoms. The summed E-state index contributed by atoms with van der Waals surface area (Å²) in [5.41, 5.74) is 0.686. The maximum Gasteiger partial charge on any atom is 0.162 e. The number of hydrogen-bond donors (Lipinski definition) is 1. The van der Waals surface area contributed by atoms with E-state index >= 15 is 0 Å². The number of ketones is 1. The van der Waals surface area contributed by atoms with Crippen LogP contribution in [0.4, 0.5) is 0 Å². The highest BCUT2D eigenvalue weighted by molar-refractivity contribution is 5.96. The summed E-state index contributed by atoms with van der Waals surface area (Å²) in [7, 11) is 0. The molecule has 1 aliphatic heterocycles. The Bertz CT molecular complexity index is 186. The Kier molecular flexibility index (Phi) is 2.45. The number of carbonyl (C=O) groups excluding carboxylic acids is 1. The Morgan fingerprint density at radius 2 is 2.18 bits per heavy atom. The standard InChI is InChI=1S/C9H15NO/c1-6(2)9(11)8-5-10-4-7(8)3/h7-8,10H,1,4-5H2,2-3H3. The predicted octanol–water partition coefficient (Wildman–Crippen LogP) is 0.987. The van der Waals surface area contributed by atoms with Gasteiger partial charge in [0.1, 0.15) is 0 Å². The van der Waals surface area contributed by atoms with Crippen LogP contribution < -0.4 is 5.32 Å². The molecule has 62 valence electrons. The maximum atomic E-state index is 11.4. The first-order chi connectivity index (χ1) is 5.13. The molecule has 0 aromatic carbocycles. The van der Waals surface area contributed by atoms with Crippen LogP contribution in [-0.4, -0.2) is 18.9 Å². The van der Waals surface area contributed by atoms with Gasteiger partial charge in [-0.15, -0.1) is 0 Å². The zero-order valence-corrected chi connectivity index (χ0v) is 7.18. The lowest BCUT2D eigenvalue weighted by Gasteiger charge is -2.11. The van der Waals surface area contributed by atoms with Crippen LogP contribution in [0.3, 0.4) is 0 Å². The molecule has 0 aromatic heterocycles. The fraction of sp³-hybridized carbons (Fsp3) is 0.667. The SMILES string of the molecule is C=C(C)C(=O)C1CNCC1C. The number of carbonyl (C=O) groups is 1. The topological polar surface area (TPSA) is 29.1 Å². The summed E-state index contributed by atoms with van der Waals surface area (Å²) in [5, 5.41) is 3.20. The summed E-state index contributed by atoms with van der Waals surface area (Å²) in [6.07, 6.45) is 0. The van der Waals surface area contributed by atoms with Crippen molar-refractivity contribution in [1.29, 1.82) is 0 Å². The molecule has 1 aliphatic rings. The highest BCUT2D eigenvalue weighted by Gasteiger charge is 2.29. The minimum absolute atomic E-state index is 0.174. The van der Waals surface area contributed by atoms with Crippen LogP contribution in [0.1, 0.15) is 13.8 Å². The van der Waals surface area contributed by atoms with Gasteiger partial charge in [-0.2, -0.15) is 0 Å². The molecule has 0 radical (unpaired) electrons. The third kappa shape index (κ3) is 1.69. The van der Waals surface area contributed by atoms with Crippen LogP contribution in [0.25, 0.3) is 0 Å². The second kappa shape index (κ2) is 3.18. The molecule has 2 nitrogen and oxygen atoms in total. The second-order valence-corrected chi connectivity index (χ2v) is 3.39. The third-order valence-corrected chi connectivity index (χ3v) is 2.27. The van der Waals surface area contributed by atoms with Crippen LogP contribution in [-0.2, 0) is 4.79 Å². The highest BCUT2D eigenvalue weighted by atomic mass is 16.1. The Hall–Kier alpha value is -0.630. The van der Waals surface area contributed by atoms with Crippen molar-refractivity contribution in [3.8, 4) is 0 Å². The molecule has 2 unspecified atom stereocenters. The number of Topliss-reactive ketones (excluding diaryl/α,β-unsaturated/α-hetero) is 1. The molecule has 0 bridgehead atoms. The van der Waals surface area contributed by atoms with E-state index in [4.69, 9.17) is 0 Å². The summed E-state index contributed by atoms with van der Waals surface area (Å²) in [5.74, 6) is 0.870. The van der Waals surface area contributed by atoms with Crippen molar-refractivity contribution in [3.05, 3.63) is 12.2 Å². The first kappa shape index (κ1) is 8.47. The van der Waals surface area contributed by atoms with Crippen molar-refractivity contribution in [1.82, 2.24) is 5.32 Å². The molecule has 0 aromatic rings. The first-order valence-electron chi connectivity index (χ1n) is 4.03. The van der Waals surface area contributed by atoms with E-state index in [2.05, 4.69) is 18.8 Å². The van der Waals surface area contributed by atoms with Gasteiger partial charge in [-0.1, -0.05) is 13.5 Å². The van der Waals surface area contributed by atoms with Gasteiger partial charge in [0.25, 0.3) is 0 Å². The zero-order valence-electron chi connectivity index (χ0n) is 7.18. The van der Waals surface area contributed by atoms with Crippen LogP contribution in [0.5, 0.6) is 0 Å². The molecule has 2 heteroatoms. The minimum Gasteiger partial charge on any atom is -0.316 e. The van der Waals surface area contributed by atoms with Gasteiger partial charge in [0.15, 0.2) is 5.78 Å². The molecule has 0 amide bonds. The quantitative estimate of drug-likeness (QED) is 0.599. The predicted molar refractivity (Wildman–Crippen MR) is 45.3 cm³/mol. The Morgan fingerprint density at radius 1 is 1.55 bits per heavy atom. The maximum absolute atomic E-state index is 11.4. The lowest BCUT2D eigenvalue weighted by atomic mass is 9.91. The summed E-state index contributed by atoms with van der Waals surface area (Å²) in [6.45, 7) is 9.33. The molecule has 0 spiro atoms. The van der Waals surface area contributed by atoms with Gasteiger partial charge in [0.2, 0.25) is 0 Å². The Labute approximate surface area is 67.7 Å². The summed E-state index contributed by atoms with van der Waals surface area (Å²) >= 11 is 0. The Morgan fingerprint density at radius 3 is 2.55 bits per heavy atom. The van der Waals surface area contributed by atoms with E-state index in [1.54, 1.807) is 6.92 Å². The van der Waals surface area contributed by atoms with Crippen LogP contribution in [0.15, 0.2) is 12.2 Å². The first-order valence-corrected chi connectivity index (χ1v) is 4.03. The molecular formula is C9H15NO. The number of rotatable bonds is 2. The van der Waals surface area contributed by atoms with Gasteiger partial charge in [-0.25, -0.2) is 0 Å². The number of nitrogens with one attached hydrogen (secondary N) is 1. The minimum atomic E-state index is 0.174. The van der Waals surface area contributed by atoms with E-state index in [0.717, 1.165) is 13.1 Å². The van der Waals surface area contributed by atoms with Crippen molar-refractivity contribution in [2.75, 3.05) is 13.1 Å². The zero-order chi connectivity index (χ0) is 8.43. The molecule has 0 aliphatic carbocycles. The van der Waals surface area contributed by atoms with Gasteiger partial charge in [-0.05, 0) is 25.0 Å². The Balaban J connectivity index is 2.60. The van der Waals surface area contributed by atoms with Gasteiger partial charge in [0.05, 0.1) is 0 Å². The van der Waals surface area contributed by atoms with Crippen molar-refractivity contribution >= 4 is 5.78 Å². The van der Waals surface area contributed by atoms with Crippen molar-refractivity contribution < 1.29 is 4.79 Å². The van der Waals surface area contributed by atoms with Gasteiger partial charge >= 0.3 is 0 Å². The number of hydrogen-bond acceptors (Lipinski definition) is 2. The average Bonchev–Trinajstić information content (AvgIpc) is 2.33. The second-order valence-electron chi connectivity index (χ2n) is 3.39. The van der Waals surface area contributed by atoms with Gasteiger partial charge in [-0.3, -0.25) is 4.79 Å². The monoisotopic (exact) mass is 153 g/mol. The molecule has 1 N–H and O–H groups in total. The number of allylic oxidation sites excluding steroid dienone is 1. The third-order valence-electron chi connectivity index (χ3n) is 2.27. The van der Waals surface area contributed by atoms with E-state index in [9.17, 15) is 4.79 Å². The lowest BCUT2D eigenvalue weighted by molar-refractivity contribution is -0.119. The van der Waals surface area contributed by atoms with Crippen molar-refractivity contribution in [2.45, 2.75) is 13.8 Å². The largest absolute Gasteiger partial charge is 0.316 e. The average molecular weight is 153 g/mol. The van der Waals surface area contributed by atoms with E-state index in [1.165, 1.54) is 0 Å². The molecule has 1 heterocycles. The normalized spacial score (nSPS) is 30.4. The van der Waals surface area contributed by atoms with Crippen LogP contribution in [0, 0.1) is 11.8 Å². The van der Waals surface area contributed by atoms with Gasteiger partial charge in [0, 0.05) is 12.5 Å². The fourth-order valence-electron chi connectivity index (χ4n) is 1.48. The molecule has 2 atom stereocenters. The van der Waals surface area contributed by atoms with E-state index in [1.807, 2.05) is 0 Å². The molecule has 1 saturated heterocycles. The molecular weight excluding hydrogens is 138 g/mol. The van der Waals surface area contributed by atoms with Crippen molar-refractivity contribution in [3.63, 3.8) is 0 Å². The summed E-state index contributed by atoms with van der Waals surface area (Å²) in [6, 6.07) is 0. The van der Waals surface area contributed by atoms with E-state index in [-0.39, 0.29) is 11.7 Å². The van der Waals surface area contributed by atoms with Gasteiger partial charge < -0.3 is 5.32 Å². The van der Waals surface area contributed by atoms with E-state index in [0.29, 0.717) is 11.5 Å². The molecule has 1 rings (SSSR count). The molecule has 1 fully saturated rings. The highest BCUT2D eigenvalue weighted by Crippen LogP contribution is 2.19. The van der Waals surface area contributed by atoms with E-state index < -0.39 is 0 Å². The summed E-state index contributed by atoms with van der Waals surface area (Å²) in [4.78, 5) is 11.4.